The molecule has 0 N–H and O–H groups in total. The summed E-state index contributed by atoms with van der Waals surface area (Å²) in [7, 11) is 0. The molecule has 0 saturated heterocycles. The molecule has 0 bridgehead atoms. The fraction of sp³-hybridized carbons (Fsp3) is 0.296. The van der Waals surface area contributed by atoms with Gasteiger partial charge in [-0.05, 0) is 248 Å². The fourth-order valence-corrected chi connectivity index (χ4v) is 19.5. The van der Waals surface area contributed by atoms with Gasteiger partial charge in [0.1, 0.15) is 68.1 Å². The second-order valence-corrected chi connectivity index (χ2v) is 36.2. The average molecular weight is 1970 g/mol. The summed E-state index contributed by atoms with van der Waals surface area (Å²) in [5, 5.41) is 17.7. The molecule has 148 heavy (non-hydrogen) atoms. The third-order valence-corrected chi connectivity index (χ3v) is 25.5. The smallest absolute Gasteiger partial charge is 0.136 e. The largest absolute Gasteiger partial charge is 0.482 e. The standard InChI is InChI=1S/C23H18O.5C19H16O.12C2H6/c1-23(2)21-17-9-5-3-7-15(17)11-13-19(21)20-14-12-16-8-4-6-10-18(16)22(20)24-23;3*1-19(2)17-12-14-8-4-3-7-13(14)11-16(17)15-9-5-6-10-18(15)20-19;2*1-19(2)16-12-11-13-7-3-4-8-14(13)18(16)15-9-5-6-10-17(15)20-19;12*1-2/h3-14H,1-2H3;5*3-12H,1-2H3;12*1-2H3. The topological polar surface area (TPSA) is 55.4 Å². The first-order chi connectivity index (χ1) is 71.9. The number of fused-ring (bicyclic) bond motifs is 29. The zero-order valence-corrected chi connectivity index (χ0v) is 96.2. The minimum Gasteiger partial charge on any atom is -0.482 e. The van der Waals surface area contributed by atoms with Gasteiger partial charge in [-0.15, -0.1) is 0 Å². The molecule has 19 aromatic carbocycles. The molecule has 25 rings (SSSR count). The Morgan fingerprint density at radius 3 is 0.635 bits per heavy atom. The van der Waals surface area contributed by atoms with Gasteiger partial charge in [0.2, 0.25) is 0 Å². The van der Waals surface area contributed by atoms with E-state index in [9.17, 15) is 0 Å². The molecule has 0 fully saturated rings. The summed E-state index contributed by atoms with van der Waals surface area (Å²) >= 11 is 0. The number of ether oxygens (including phenoxy) is 6. The second-order valence-electron chi connectivity index (χ2n) is 36.2. The van der Waals surface area contributed by atoms with Crippen molar-refractivity contribution in [3.05, 3.63) is 409 Å². The first-order valence-corrected chi connectivity index (χ1v) is 55.2. The maximum atomic E-state index is 6.57. The summed E-state index contributed by atoms with van der Waals surface area (Å²) in [5.74, 6) is 5.87. The van der Waals surface area contributed by atoms with Gasteiger partial charge in [0.05, 0.1) is 0 Å². The molecule has 6 aliphatic heterocycles. The summed E-state index contributed by atoms with van der Waals surface area (Å²) in [6, 6.07) is 132. The lowest BCUT2D eigenvalue weighted by Crippen LogP contribution is -2.29. The number of hydrogen-bond acceptors (Lipinski definition) is 6. The minimum absolute atomic E-state index is 0.298. The molecular weight excluding hydrogens is 1800 g/mol. The summed E-state index contributed by atoms with van der Waals surface area (Å²) in [5.41, 5.74) is 20.6. The second kappa shape index (κ2) is 55.5. The molecule has 0 amide bonds. The van der Waals surface area contributed by atoms with E-state index >= 15 is 0 Å². The Morgan fingerprint density at radius 2 is 0.338 bits per heavy atom. The molecule has 0 atom stereocenters. The Kier molecular flexibility index (Phi) is 44.7. The fourth-order valence-electron chi connectivity index (χ4n) is 19.5. The summed E-state index contributed by atoms with van der Waals surface area (Å²) < 4.78 is 37.5. The zero-order chi connectivity index (χ0) is 109. The Morgan fingerprint density at radius 1 is 0.135 bits per heavy atom. The van der Waals surface area contributed by atoms with E-state index in [1.54, 1.807) is 0 Å². The van der Waals surface area contributed by atoms with Gasteiger partial charge in [0.15, 0.2) is 0 Å². The highest BCUT2D eigenvalue weighted by molar-refractivity contribution is 6.05. The van der Waals surface area contributed by atoms with Crippen LogP contribution in [0.4, 0.5) is 0 Å². The van der Waals surface area contributed by atoms with Crippen LogP contribution in [0.2, 0.25) is 0 Å². The van der Waals surface area contributed by atoms with Gasteiger partial charge in [0.25, 0.3) is 0 Å². The van der Waals surface area contributed by atoms with Crippen LogP contribution in [0.3, 0.4) is 0 Å². The van der Waals surface area contributed by atoms with Crippen LogP contribution in [0, 0.1) is 0 Å². The Hall–Kier alpha value is -14.2. The van der Waals surface area contributed by atoms with Gasteiger partial charge in [-0.2, -0.15) is 0 Å². The number of hydrogen-bond donors (Lipinski definition) is 0. The van der Waals surface area contributed by atoms with Crippen LogP contribution in [0.15, 0.2) is 376 Å². The Labute approximate surface area is 891 Å². The third-order valence-electron chi connectivity index (χ3n) is 25.5. The van der Waals surface area contributed by atoms with Gasteiger partial charge in [-0.3, -0.25) is 0 Å². The van der Waals surface area contributed by atoms with Crippen LogP contribution in [-0.2, 0) is 33.6 Å². The third kappa shape index (κ3) is 25.8. The van der Waals surface area contributed by atoms with E-state index in [1.807, 2.05) is 197 Å². The summed E-state index contributed by atoms with van der Waals surface area (Å²) in [6.07, 6.45) is 0. The highest BCUT2D eigenvalue weighted by atomic mass is 16.5. The maximum absolute atomic E-state index is 6.57. The molecule has 774 valence electrons. The molecule has 0 spiro atoms. The first kappa shape index (κ1) is 119. The molecule has 6 heterocycles. The molecule has 0 unspecified atom stereocenters. The molecule has 0 saturated carbocycles. The highest BCUT2D eigenvalue weighted by Crippen LogP contribution is 2.55. The lowest BCUT2D eigenvalue weighted by molar-refractivity contribution is 0.105. The van der Waals surface area contributed by atoms with Gasteiger partial charge in [0, 0.05) is 83.3 Å². The molecule has 0 aromatic heterocycles. The minimum atomic E-state index is -0.368. The number of para-hydroxylation sites is 5. The SMILES string of the molecule is CC.CC.CC.CC.CC.CC.CC.CC.CC.CC.CC.CC.CC1(C)Oc2c(ccc3ccccc23)-c2ccc3ccccc3c21.CC1(C)Oc2ccccc2-c2c1ccc1ccccc21.CC1(C)Oc2ccccc2-c2c1ccc1ccccc21.CC1(C)Oc2ccccc2-c2cc3ccccc3cc21.CC1(C)Oc2ccccc2-c2cc3ccccc3cc21.CC1(C)Oc2ccccc2-c2cc3ccccc3cc21. The van der Waals surface area contributed by atoms with Gasteiger partial charge in [-0.25, -0.2) is 0 Å². The van der Waals surface area contributed by atoms with Crippen molar-refractivity contribution in [1.82, 2.24) is 0 Å². The predicted octanol–water partition coefficient (Wildman–Crippen LogP) is 44.3. The van der Waals surface area contributed by atoms with E-state index in [0.29, 0.717) is 0 Å². The summed E-state index contributed by atoms with van der Waals surface area (Å²) in [4.78, 5) is 0. The van der Waals surface area contributed by atoms with E-state index < -0.39 is 0 Å². The lowest BCUT2D eigenvalue weighted by atomic mass is 9.82. The number of rotatable bonds is 0. The quantitative estimate of drug-likeness (QED) is 0.151. The van der Waals surface area contributed by atoms with Gasteiger partial charge < -0.3 is 28.4 Å². The highest BCUT2D eigenvalue weighted by Gasteiger charge is 2.40. The van der Waals surface area contributed by atoms with Crippen LogP contribution in [0.25, 0.3) is 142 Å². The van der Waals surface area contributed by atoms with E-state index in [0.717, 1.165) is 34.5 Å². The first-order valence-electron chi connectivity index (χ1n) is 55.2. The van der Waals surface area contributed by atoms with Crippen LogP contribution < -0.4 is 28.4 Å². The molecule has 0 radical (unpaired) electrons. The normalized spacial score (nSPS) is 13.2. The monoisotopic (exact) mass is 1970 g/mol. The Bertz CT molecular complexity index is 6940. The van der Waals surface area contributed by atoms with Crippen molar-refractivity contribution < 1.29 is 28.4 Å². The van der Waals surface area contributed by atoms with Crippen LogP contribution in [-0.4, -0.2) is 0 Å². The predicted molar refractivity (Wildman–Crippen MR) is 652 cm³/mol. The molecule has 0 aliphatic carbocycles. The van der Waals surface area contributed by atoms with Crippen molar-refractivity contribution in [2.45, 2.75) is 283 Å². The number of benzene rings is 19. The molecule has 19 aromatic rings. The van der Waals surface area contributed by atoms with Gasteiger partial charge >= 0.3 is 0 Å². The lowest BCUT2D eigenvalue weighted by Gasteiger charge is -2.36. The van der Waals surface area contributed by atoms with Crippen LogP contribution in [0.5, 0.6) is 34.5 Å². The Balaban J connectivity index is 0.000000208. The van der Waals surface area contributed by atoms with E-state index in [-0.39, 0.29) is 33.6 Å². The van der Waals surface area contributed by atoms with Crippen molar-refractivity contribution in [3.63, 3.8) is 0 Å². The molecular formula is C142H170O6. The maximum Gasteiger partial charge on any atom is 0.136 e. The van der Waals surface area contributed by atoms with E-state index in [1.165, 1.54) is 176 Å². The molecule has 6 nitrogen and oxygen atoms in total. The average Bonchev–Trinajstić information content (AvgIpc) is 0.731. The van der Waals surface area contributed by atoms with E-state index in [2.05, 4.69) is 429 Å². The van der Waals surface area contributed by atoms with Crippen molar-refractivity contribution >= 4 is 75.4 Å². The molecule has 6 aliphatic rings. The van der Waals surface area contributed by atoms with Crippen LogP contribution in [0.1, 0.15) is 283 Å². The van der Waals surface area contributed by atoms with Gasteiger partial charge in [-0.1, -0.05) is 469 Å². The summed E-state index contributed by atoms with van der Waals surface area (Å²) in [6.45, 7) is 73.7. The van der Waals surface area contributed by atoms with E-state index in [4.69, 9.17) is 28.4 Å². The molecule has 6 heteroatoms. The zero-order valence-electron chi connectivity index (χ0n) is 96.2. The van der Waals surface area contributed by atoms with Crippen molar-refractivity contribution in [1.29, 1.82) is 0 Å². The van der Waals surface area contributed by atoms with Crippen molar-refractivity contribution in [2.24, 2.45) is 0 Å². The van der Waals surface area contributed by atoms with Crippen LogP contribution >= 0.6 is 0 Å². The van der Waals surface area contributed by atoms with Crippen molar-refractivity contribution in [2.75, 3.05) is 0 Å². The van der Waals surface area contributed by atoms with Crippen molar-refractivity contribution in [3.8, 4) is 101 Å².